The molecule has 0 unspecified atom stereocenters. The molecular weight excluding hydrogens is 280 g/mol. The van der Waals surface area contributed by atoms with E-state index in [0.29, 0.717) is 25.4 Å². The molecule has 2 fully saturated rings. The zero-order valence-corrected chi connectivity index (χ0v) is 12.7. The third-order valence-corrected chi connectivity index (χ3v) is 4.54. The number of benzene rings is 1. The first-order valence-corrected chi connectivity index (χ1v) is 8.10. The molecule has 2 heterocycles. The minimum atomic E-state index is -0.411. The molecule has 5 nitrogen and oxygen atoms in total. The van der Waals surface area contributed by atoms with Crippen LogP contribution in [0, 0.1) is 5.92 Å². The van der Waals surface area contributed by atoms with Gasteiger partial charge in [-0.15, -0.1) is 0 Å². The Bertz CT molecular complexity index is 494. The molecule has 3 N–H and O–H groups in total. The highest BCUT2D eigenvalue weighted by Gasteiger charge is 2.31. The number of hydrogen-bond acceptors (Lipinski definition) is 4. The van der Waals surface area contributed by atoms with Crippen LogP contribution in [0.1, 0.15) is 30.9 Å². The summed E-state index contributed by atoms with van der Waals surface area (Å²) in [6.45, 7) is 1.89. The van der Waals surface area contributed by atoms with E-state index in [2.05, 4.69) is 22.8 Å². The molecule has 0 aliphatic carbocycles. The summed E-state index contributed by atoms with van der Waals surface area (Å²) < 4.78 is 5.94. The van der Waals surface area contributed by atoms with E-state index < -0.39 is 6.10 Å². The Morgan fingerprint density at radius 3 is 2.91 bits per heavy atom. The summed E-state index contributed by atoms with van der Waals surface area (Å²) in [6, 6.07) is 9.94. The van der Waals surface area contributed by atoms with Crippen LogP contribution in [0.4, 0.5) is 0 Å². The molecule has 0 saturated carbocycles. The number of carbonyl (C=O) groups is 1. The standard InChI is InChI=1S/C17H24N2O3/c20-14-9-15(18-11-14)17(21)19-10-13-7-4-8-22-16(13)12-5-2-1-3-6-12/h1-3,5-6,13-16,18,20H,4,7-11H2,(H,19,21)/t13-,14+,15+,16+/m0/s1. The van der Waals surface area contributed by atoms with Crippen LogP contribution >= 0.6 is 0 Å². The van der Waals surface area contributed by atoms with Gasteiger partial charge in [0.25, 0.3) is 0 Å². The molecule has 2 aliphatic heterocycles. The first-order chi connectivity index (χ1) is 10.7. The molecule has 0 spiro atoms. The highest BCUT2D eigenvalue weighted by Crippen LogP contribution is 2.33. The van der Waals surface area contributed by atoms with E-state index in [9.17, 15) is 9.90 Å². The highest BCUT2D eigenvalue weighted by atomic mass is 16.5. The van der Waals surface area contributed by atoms with Gasteiger partial charge in [-0.3, -0.25) is 4.79 Å². The van der Waals surface area contributed by atoms with Gasteiger partial charge < -0.3 is 20.5 Å². The molecule has 5 heteroatoms. The monoisotopic (exact) mass is 304 g/mol. The summed E-state index contributed by atoms with van der Waals surface area (Å²) in [5.41, 5.74) is 1.18. The predicted octanol–water partition coefficient (Wildman–Crippen LogP) is 0.993. The summed E-state index contributed by atoms with van der Waals surface area (Å²) in [5.74, 6) is 0.278. The van der Waals surface area contributed by atoms with Crippen molar-refractivity contribution in [3.63, 3.8) is 0 Å². The van der Waals surface area contributed by atoms with Gasteiger partial charge in [0.15, 0.2) is 0 Å². The lowest BCUT2D eigenvalue weighted by atomic mass is 9.89. The van der Waals surface area contributed by atoms with E-state index >= 15 is 0 Å². The van der Waals surface area contributed by atoms with Crippen molar-refractivity contribution in [2.45, 2.75) is 37.5 Å². The van der Waals surface area contributed by atoms with Crippen LogP contribution in [0.3, 0.4) is 0 Å². The van der Waals surface area contributed by atoms with Crippen molar-refractivity contribution in [3.8, 4) is 0 Å². The average Bonchev–Trinajstić information content (AvgIpc) is 3.00. The lowest BCUT2D eigenvalue weighted by molar-refractivity contribution is -0.123. The predicted molar refractivity (Wildman–Crippen MR) is 83.3 cm³/mol. The molecule has 3 rings (SSSR count). The fourth-order valence-electron chi connectivity index (χ4n) is 3.34. The van der Waals surface area contributed by atoms with Gasteiger partial charge in [-0.05, 0) is 24.8 Å². The lowest BCUT2D eigenvalue weighted by Crippen LogP contribution is -2.43. The number of hydrogen-bond donors (Lipinski definition) is 3. The molecule has 0 aromatic heterocycles. The second kappa shape index (κ2) is 7.22. The molecule has 0 radical (unpaired) electrons. The maximum Gasteiger partial charge on any atom is 0.237 e. The molecule has 1 amide bonds. The molecule has 2 saturated heterocycles. The summed E-state index contributed by atoms with van der Waals surface area (Å²) in [7, 11) is 0. The number of carbonyl (C=O) groups excluding carboxylic acids is 1. The molecule has 2 aliphatic rings. The Labute approximate surface area is 131 Å². The van der Waals surface area contributed by atoms with Gasteiger partial charge in [0.1, 0.15) is 0 Å². The fourth-order valence-corrected chi connectivity index (χ4v) is 3.34. The molecule has 1 aromatic rings. The molecule has 1 aromatic carbocycles. The number of aliphatic hydroxyl groups excluding tert-OH is 1. The number of rotatable bonds is 4. The second-order valence-corrected chi connectivity index (χ2v) is 6.20. The maximum atomic E-state index is 12.2. The first kappa shape index (κ1) is 15.5. The summed E-state index contributed by atoms with van der Waals surface area (Å²) in [5, 5.41) is 15.6. The van der Waals surface area contributed by atoms with Gasteiger partial charge in [-0.25, -0.2) is 0 Å². The van der Waals surface area contributed by atoms with Crippen molar-refractivity contribution in [2.24, 2.45) is 5.92 Å². The quantitative estimate of drug-likeness (QED) is 0.776. The van der Waals surface area contributed by atoms with Crippen LogP contribution in [0.25, 0.3) is 0 Å². The van der Waals surface area contributed by atoms with Gasteiger partial charge in [0.05, 0.1) is 18.2 Å². The van der Waals surface area contributed by atoms with Crippen LogP contribution in [-0.4, -0.2) is 42.9 Å². The van der Waals surface area contributed by atoms with Crippen molar-refractivity contribution >= 4 is 5.91 Å². The zero-order valence-electron chi connectivity index (χ0n) is 12.7. The number of β-amino-alcohol motifs (C(OH)–C–C–N with tert-alkyl or cyclic N) is 1. The molecule has 0 bridgehead atoms. The van der Waals surface area contributed by atoms with Crippen LogP contribution in [0.2, 0.25) is 0 Å². The Balaban J connectivity index is 1.57. The molecule has 4 atom stereocenters. The average molecular weight is 304 g/mol. The second-order valence-electron chi connectivity index (χ2n) is 6.20. The number of nitrogens with one attached hydrogen (secondary N) is 2. The van der Waals surface area contributed by atoms with Crippen molar-refractivity contribution < 1.29 is 14.6 Å². The van der Waals surface area contributed by atoms with E-state index in [0.717, 1.165) is 19.4 Å². The molecule has 22 heavy (non-hydrogen) atoms. The largest absolute Gasteiger partial charge is 0.392 e. The third kappa shape index (κ3) is 3.66. The minimum Gasteiger partial charge on any atom is -0.392 e. The summed E-state index contributed by atoms with van der Waals surface area (Å²) >= 11 is 0. The van der Waals surface area contributed by atoms with Crippen molar-refractivity contribution in [2.75, 3.05) is 19.7 Å². The summed E-state index contributed by atoms with van der Waals surface area (Å²) in [6.07, 6.45) is 2.23. The van der Waals surface area contributed by atoms with Crippen LogP contribution in [0.15, 0.2) is 30.3 Å². The fraction of sp³-hybridized carbons (Fsp3) is 0.588. The van der Waals surface area contributed by atoms with Gasteiger partial charge in [0.2, 0.25) is 5.91 Å². The Kier molecular flexibility index (Phi) is 5.08. The number of aliphatic hydroxyl groups is 1. The van der Waals surface area contributed by atoms with Gasteiger partial charge in [-0.2, -0.15) is 0 Å². The van der Waals surface area contributed by atoms with Gasteiger partial charge in [-0.1, -0.05) is 30.3 Å². The Morgan fingerprint density at radius 2 is 2.18 bits per heavy atom. The lowest BCUT2D eigenvalue weighted by Gasteiger charge is -2.32. The Morgan fingerprint density at radius 1 is 1.36 bits per heavy atom. The van der Waals surface area contributed by atoms with Crippen LogP contribution in [-0.2, 0) is 9.53 Å². The van der Waals surface area contributed by atoms with Crippen molar-refractivity contribution in [1.29, 1.82) is 0 Å². The molecule has 120 valence electrons. The first-order valence-electron chi connectivity index (χ1n) is 8.10. The van der Waals surface area contributed by atoms with Crippen LogP contribution in [0.5, 0.6) is 0 Å². The highest BCUT2D eigenvalue weighted by molar-refractivity contribution is 5.82. The van der Waals surface area contributed by atoms with E-state index in [1.54, 1.807) is 0 Å². The van der Waals surface area contributed by atoms with Gasteiger partial charge >= 0.3 is 0 Å². The molecular formula is C17H24N2O3. The van der Waals surface area contributed by atoms with E-state index in [1.165, 1.54) is 5.56 Å². The number of ether oxygens (including phenoxy) is 1. The van der Waals surface area contributed by atoms with Gasteiger partial charge in [0, 0.05) is 25.6 Å². The topological polar surface area (TPSA) is 70.6 Å². The number of amides is 1. The van der Waals surface area contributed by atoms with E-state index in [-0.39, 0.29) is 18.1 Å². The van der Waals surface area contributed by atoms with Crippen molar-refractivity contribution in [1.82, 2.24) is 10.6 Å². The maximum absolute atomic E-state index is 12.2. The zero-order chi connectivity index (χ0) is 15.4. The smallest absolute Gasteiger partial charge is 0.237 e. The van der Waals surface area contributed by atoms with Crippen LogP contribution < -0.4 is 10.6 Å². The van der Waals surface area contributed by atoms with Crippen molar-refractivity contribution in [3.05, 3.63) is 35.9 Å². The van der Waals surface area contributed by atoms with E-state index in [1.807, 2.05) is 18.2 Å². The SMILES string of the molecule is O=C(NC[C@@H]1CCCO[C@@H]1c1ccccc1)[C@H]1C[C@@H](O)CN1. The summed E-state index contributed by atoms with van der Waals surface area (Å²) in [4.78, 5) is 12.2. The Hall–Kier alpha value is -1.43. The van der Waals surface area contributed by atoms with E-state index in [4.69, 9.17) is 4.74 Å². The minimum absolute atomic E-state index is 0.0195. The third-order valence-electron chi connectivity index (χ3n) is 4.54. The normalized spacial score (nSPS) is 31.9.